The maximum atomic E-state index is 13.5. The molecule has 0 fully saturated rings. The van der Waals surface area contributed by atoms with Crippen LogP contribution in [-0.4, -0.2) is 44.8 Å². The molecule has 3 aromatic rings. The van der Waals surface area contributed by atoms with Crippen LogP contribution < -0.4 is 10.6 Å². The molecule has 2 heterocycles. The molecule has 0 aliphatic carbocycles. The van der Waals surface area contributed by atoms with E-state index in [0.29, 0.717) is 5.02 Å². The van der Waals surface area contributed by atoms with E-state index in [1.54, 1.807) is 6.20 Å². The number of carbonyl (C=O) groups excluding carboxylic acids is 2. The number of nitrogens with zero attached hydrogens (tertiary/aromatic N) is 4. The number of hydrogen-bond donors (Lipinski definition) is 2. The van der Waals surface area contributed by atoms with Crippen LogP contribution in [0.25, 0.3) is 0 Å². The lowest BCUT2D eigenvalue weighted by Crippen LogP contribution is -2.35. The van der Waals surface area contributed by atoms with Crippen molar-refractivity contribution in [2.45, 2.75) is 6.54 Å². The van der Waals surface area contributed by atoms with Gasteiger partial charge < -0.3 is 15.2 Å². The third-order valence-corrected chi connectivity index (χ3v) is 3.65. The minimum absolute atomic E-state index is 0.0207. The number of nitrogens with one attached hydrogen (secondary N) is 2. The van der Waals surface area contributed by atoms with Crippen LogP contribution in [0.1, 0.15) is 26.9 Å². The van der Waals surface area contributed by atoms with Gasteiger partial charge in [-0.15, -0.1) is 0 Å². The first-order valence-corrected chi connectivity index (χ1v) is 8.33. The zero-order valence-electron chi connectivity index (χ0n) is 14.2. The van der Waals surface area contributed by atoms with Crippen molar-refractivity contribution in [2.24, 2.45) is 0 Å². The summed E-state index contributed by atoms with van der Waals surface area (Å²) in [7, 11) is 0. The smallest absolute Gasteiger partial charge is 0.316 e. The average molecular weight is 411 g/mol. The maximum Gasteiger partial charge on any atom is 0.316 e. The number of benzene rings is 1. The van der Waals surface area contributed by atoms with Gasteiger partial charge in [-0.3, -0.25) is 14.3 Å². The summed E-state index contributed by atoms with van der Waals surface area (Å²) in [6.45, 7) is 0.0754. The molecule has 2 aromatic heterocycles. The van der Waals surface area contributed by atoms with Crippen LogP contribution in [0.2, 0.25) is 5.02 Å². The summed E-state index contributed by atoms with van der Waals surface area (Å²) in [5.74, 6) is -3.60. The Morgan fingerprint density at radius 2 is 1.82 bits per heavy atom. The molecule has 12 heteroatoms. The zero-order valence-corrected chi connectivity index (χ0v) is 14.9. The largest absolute Gasteiger partial charge is 0.350 e. The van der Waals surface area contributed by atoms with Gasteiger partial charge in [-0.05, 0) is 12.1 Å². The molecule has 0 bridgehead atoms. The Morgan fingerprint density at radius 1 is 1.14 bits per heavy atom. The first-order valence-electron chi connectivity index (χ1n) is 7.95. The van der Waals surface area contributed by atoms with Gasteiger partial charge in [0, 0.05) is 19.3 Å². The second-order valence-electron chi connectivity index (χ2n) is 5.48. The fraction of sp³-hybridized carbons (Fsp3) is 0.188. The molecule has 2 amide bonds. The fourth-order valence-electron chi connectivity index (χ4n) is 2.21. The highest BCUT2D eigenvalue weighted by Crippen LogP contribution is 2.11. The summed E-state index contributed by atoms with van der Waals surface area (Å²) in [5, 5.41) is 12.8. The van der Waals surface area contributed by atoms with Crippen molar-refractivity contribution in [2.75, 3.05) is 13.1 Å². The van der Waals surface area contributed by atoms with Crippen LogP contribution in [-0.2, 0) is 6.54 Å². The van der Waals surface area contributed by atoms with E-state index in [1.165, 1.54) is 10.9 Å². The highest BCUT2D eigenvalue weighted by Gasteiger charge is 2.18. The van der Waals surface area contributed by atoms with Gasteiger partial charge in [0.2, 0.25) is 0 Å². The van der Waals surface area contributed by atoms with Crippen LogP contribution in [0.15, 0.2) is 35.1 Å². The van der Waals surface area contributed by atoms with Crippen molar-refractivity contribution in [3.63, 3.8) is 0 Å². The number of hydrogen-bond acceptors (Lipinski definition) is 6. The average Bonchev–Trinajstić information content (AvgIpc) is 3.28. The van der Waals surface area contributed by atoms with Crippen LogP contribution in [0.4, 0.5) is 8.78 Å². The molecular formula is C16H13ClF2N6O3. The molecule has 0 aliphatic rings. The van der Waals surface area contributed by atoms with Gasteiger partial charge in [0.05, 0.1) is 11.2 Å². The Balaban J connectivity index is 1.46. The van der Waals surface area contributed by atoms with E-state index in [4.69, 9.17) is 16.1 Å². The minimum atomic E-state index is -0.974. The molecule has 0 aliphatic heterocycles. The minimum Gasteiger partial charge on any atom is -0.350 e. The first kappa shape index (κ1) is 19.4. The van der Waals surface area contributed by atoms with Crippen LogP contribution in [0, 0.1) is 11.6 Å². The molecule has 1 aromatic carbocycles. The number of amides is 2. The van der Waals surface area contributed by atoms with Gasteiger partial charge in [-0.1, -0.05) is 22.8 Å². The van der Waals surface area contributed by atoms with Crippen molar-refractivity contribution < 1.29 is 22.9 Å². The number of rotatable bonds is 7. The lowest BCUT2D eigenvalue weighted by Gasteiger charge is -2.07. The molecule has 0 spiro atoms. The third-order valence-electron chi connectivity index (χ3n) is 3.45. The number of aromatic nitrogens is 4. The SMILES string of the molecule is O=C(NCCNC(=O)c1c(F)cccc1F)c1nc(Cn2cc(Cl)cn2)no1. The lowest BCUT2D eigenvalue weighted by molar-refractivity contribution is 0.0896. The van der Waals surface area contributed by atoms with E-state index in [0.717, 1.165) is 18.2 Å². The molecule has 0 unspecified atom stereocenters. The third kappa shape index (κ3) is 4.68. The molecule has 28 heavy (non-hydrogen) atoms. The molecule has 3 rings (SSSR count). The van der Waals surface area contributed by atoms with Crippen molar-refractivity contribution in [1.29, 1.82) is 0 Å². The monoisotopic (exact) mass is 410 g/mol. The topological polar surface area (TPSA) is 115 Å². The standard InChI is InChI=1S/C16H13ClF2N6O3/c17-9-6-22-25(7-9)8-12-23-16(28-24-12)15(27)21-5-4-20-14(26)13-10(18)2-1-3-11(13)19/h1-3,6-7H,4-5,8H2,(H,20,26)(H,21,27). The van der Waals surface area contributed by atoms with Crippen LogP contribution in [0.3, 0.4) is 0 Å². The second-order valence-corrected chi connectivity index (χ2v) is 5.92. The van der Waals surface area contributed by atoms with Crippen LogP contribution in [0.5, 0.6) is 0 Å². The first-order chi connectivity index (χ1) is 13.4. The summed E-state index contributed by atoms with van der Waals surface area (Å²) in [6.07, 6.45) is 3.00. The molecule has 2 N–H and O–H groups in total. The van der Waals surface area contributed by atoms with Gasteiger partial charge in [-0.25, -0.2) is 8.78 Å². The van der Waals surface area contributed by atoms with E-state index < -0.39 is 29.0 Å². The molecule has 0 radical (unpaired) electrons. The summed E-state index contributed by atoms with van der Waals surface area (Å²) in [4.78, 5) is 27.7. The molecule has 146 valence electrons. The van der Waals surface area contributed by atoms with Crippen LogP contribution >= 0.6 is 11.6 Å². The summed E-state index contributed by atoms with van der Waals surface area (Å²) in [6, 6.07) is 3.11. The molecule has 9 nitrogen and oxygen atoms in total. The lowest BCUT2D eigenvalue weighted by atomic mass is 10.2. The van der Waals surface area contributed by atoms with Gasteiger partial charge in [0.25, 0.3) is 5.91 Å². The van der Waals surface area contributed by atoms with Crippen molar-refractivity contribution >= 4 is 23.4 Å². The van der Waals surface area contributed by atoms with Gasteiger partial charge in [0.15, 0.2) is 5.82 Å². The molecular weight excluding hydrogens is 398 g/mol. The fourth-order valence-corrected chi connectivity index (χ4v) is 2.37. The number of halogens is 3. The Hall–Kier alpha value is -3.34. The Bertz CT molecular complexity index is 986. The van der Waals surface area contributed by atoms with E-state index >= 15 is 0 Å². The van der Waals surface area contributed by atoms with E-state index in [2.05, 4.69) is 25.9 Å². The Labute approximate surface area is 161 Å². The quantitative estimate of drug-likeness (QED) is 0.569. The predicted octanol–water partition coefficient (Wildman–Crippen LogP) is 1.41. The van der Waals surface area contributed by atoms with E-state index in [1.807, 2.05) is 0 Å². The van der Waals surface area contributed by atoms with E-state index in [9.17, 15) is 18.4 Å². The van der Waals surface area contributed by atoms with Gasteiger partial charge in [-0.2, -0.15) is 10.1 Å². The van der Waals surface area contributed by atoms with Crippen molar-refractivity contribution in [1.82, 2.24) is 30.6 Å². The Kier molecular flexibility index (Phi) is 5.94. The highest BCUT2D eigenvalue weighted by molar-refractivity contribution is 6.30. The molecule has 0 saturated heterocycles. The van der Waals surface area contributed by atoms with Crippen molar-refractivity contribution in [3.8, 4) is 0 Å². The highest BCUT2D eigenvalue weighted by atomic mass is 35.5. The maximum absolute atomic E-state index is 13.5. The second kappa shape index (κ2) is 8.57. The Morgan fingerprint density at radius 3 is 2.46 bits per heavy atom. The van der Waals surface area contributed by atoms with Crippen molar-refractivity contribution in [3.05, 3.63) is 64.5 Å². The molecule has 0 saturated carbocycles. The number of carbonyl (C=O) groups is 2. The van der Waals surface area contributed by atoms with E-state index in [-0.39, 0.29) is 31.3 Å². The summed E-state index contributed by atoms with van der Waals surface area (Å²) < 4.78 is 33.3. The molecule has 0 atom stereocenters. The summed E-state index contributed by atoms with van der Waals surface area (Å²) in [5.41, 5.74) is -0.686. The zero-order chi connectivity index (χ0) is 20.1. The van der Waals surface area contributed by atoms with Gasteiger partial charge in [0.1, 0.15) is 23.7 Å². The van der Waals surface area contributed by atoms with Gasteiger partial charge >= 0.3 is 11.8 Å². The normalized spacial score (nSPS) is 10.7. The summed E-state index contributed by atoms with van der Waals surface area (Å²) >= 11 is 5.75. The predicted molar refractivity (Wildman–Crippen MR) is 91.7 cm³/mol.